The third-order valence-corrected chi connectivity index (χ3v) is 4.36. The maximum atomic E-state index is 11.8. The summed E-state index contributed by atoms with van der Waals surface area (Å²) in [4.78, 5) is 14.2. The van der Waals surface area contributed by atoms with E-state index in [-0.39, 0.29) is 5.91 Å². The third kappa shape index (κ3) is 7.97. The van der Waals surface area contributed by atoms with Crippen molar-refractivity contribution in [2.24, 2.45) is 0 Å². The molecule has 0 bridgehead atoms. The Morgan fingerprint density at radius 1 is 1.29 bits per heavy atom. The molecule has 5 heteroatoms. The molecule has 0 fully saturated rings. The van der Waals surface area contributed by atoms with Gasteiger partial charge in [0.2, 0.25) is 5.91 Å². The highest BCUT2D eigenvalue weighted by molar-refractivity contribution is 7.99. The lowest BCUT2D eigenvalue weighted by atomic mass is 10.2. The minimum Gasteiger partial charge on any atom is -0.399 e. The number of hydrogen-bond donors (Lipinski definition) is 2. The monoisotopic (exact) mass is 309 g/mol. The Morgan fingerprint density at radius 3 is 2.71 bits per heavy atom. The molecule has 0 spiro atoms. The van der Waals surface area contributed by atoms with Crippen LogP contribution in [0.5, 0.6) is 0 Å². The Labute approximate surface area is 132 Å². The van der Waals surface area contributed by atoms with Crippen LogP contribution < -0.4 is 11.1 Å². The fraction of sp³-hybridized carbons (Fsp3) is 0.562. The van der Waals surface area contributed by atoms with Crippen molar-refractivity contribution in [3.63, 3.8) is 0 Å². The highest BCUT2D eigenvalue weighted by Gasteiger charge is 2.03. The SMILES string of the molecule is CCN(CC)CCSCCCC(=O)Nc1cccc(N)c1. The summed E-state index contributed by atoms with van der Waals surface area (Å²) >= 11 is 1.92. The van der Waals surface area contributed by atoms with Crippen LogP contribution in [0.25, 0.3) is 0 Å². The summed E-state index contributed by atoms with van der Waals surface area (Å²) in [5, 5.41) is 2.87. The van der Waals surface area contributed by atoms with E-state index in [1.54, 1.807) is 6.07 Å². The molecule has 1 rings (SSSR count). The van der Waals surface area contributed by atoms with Crippen LogP contribution in [0.3, 0.4) is 0 Å². The first-order valence-corrected chi connectivity index (χ1v) is 8.76. The predicted molar refractivity (Wildman–Crippen MR) is 93.8 cm³/mol. The fourth-order valence-electron chi connectivity index (χ4n) is 2.01. The average molecular weight is 309 g/mol. The number of nitrogens with zero attached hydrogens (tertiary/aromatic N) is 1. The zero-order chi connectivity index (χ0) is 15.5. The number of carbonyl (C=O) groups is 1. The van der Waals surface area contributed by atoms with E-state index in [1.807, 2.05) is 30.0 Å². The summed E-state index contributed by atoms with van der Waals surface area (Å²) < 4.78 is 0. The molecule has 0 aliphatic rings. The fourth-order valence-corrected chi connectivity index (χ4v) is 2.95. The van der Waals surface area contributed by atoms with Gasteiger partial charge in [-0.05, 0) is 43.5 Å². The van der Waals surface area contributed by atoms with Gasteiger partial charge in [-0.3, -0.25) is 4.79 Å². The highest BCUT2D eigenvalue weighted by atomic mass is 32.2. The van der Waals surface area contributed by atoms with E-state index in [0.29, 0.717) is 12.1 Å². The maximum absolute atomic E-state index is 11.8. The molecule has 0 aliphatic carbocycles. The third-order valence-electron chi connectivity index (χ3n) is 3.31. The van der Waals surface area contributed by atoms with Gasteiger partial charge in [-0.15, -0.1) is 0 Å². The van der Waals surface area contributed by atoms with Gasteiger partial charge in [0.15, 0.2) is 0 Å². The second-order valence-corrected chi connectivity index (χ2v) is 6.14. The minimum absolute atomic E-state index is 0.0601. The van der Waals surface area contributed by atoms with Crippen molar-refractivity contribution in [2.75, 3.05) is 42.2 Å². The predicted octanol–water partition coefficient (Wildman–Crippen LogP) is 3.06. The van der Waals surface area contributed by atoms with E-state index in [0.717, 1.165) is 43.2 Å². The van der Waals surface area contributed by atoms with Crippen molar-refractivity contribution < 1.29 is 4.79 Å². The van der Waals surface area contributed by atoms with Gasteiger partial charge < -0.3 is 16.0 Å². The maximum Gasteiger partial charge on any atom is 0.224 e. The Hall–Kier alpha value is -1.20. The largest absolute Gasteiger partial charge is 0.399 e. The molecule has 0 aromatic heterocycles. The lowest BCUT2D eigenvalue weighted by Gasteiger charge is -2.17. The quantitative estimate of drug-likeness (QED) is 0.515. The first-order chi connectivity index (χ1) is 10.2. The molecule has 1 amide bonds. The van der Waals surface area contributed by atoms with Crippen LogP contribution in [0.2, 0.25) is 0 Å². The van der Waals surface area contributed by atoms with Crippen LogP contribution in [0.4, 0.5) is 11.4 Å². The standard InChI is InChI=1S/C16H27N3OS/c1-3-19(4-2)10-12-21-11-6-9-16(20)18-15-8-5-7-14(17)13-15/h5,7-8,13H,3-4,6,9-12,17H2,1-2H3,(H,18,20). The van der Waals surface area contributed by atoms with Crippen LogP contribution in [0, 0.1) is 0 Å². The van der Waals surface area contributed by atoms with E-state index >= 15 is 0 Å². The number of carbonyl (C=O) groups excluding carboxylic acids is 1. The lowest BCUT2D eigenvalue weighted by Crippen LogP contribution is -2.25. The van der Waals surface area contributed by atoms with E-state index < -0.39 is 0 Å². The molecule has 21 heavy (non-hydrogen) atoms. The normalized spacial score (nSPS) is 10.8. The smallest absolute Gasteiger partial charge is 0.224 e. The van der Waals surface area contributed by atoms with Crippen LogP contribution >= 0.6 is 11.8 Å². The molecule has 0 aliphatic heterocycles. The molecule has 0 atom stereocenters. The molecule has 0 unspecified atom stereocenters. The van der Waals surface area contributed by atoms with Crippen molar-refractivity contribution in [2.45, 2.75) is 26.7 Å². The molecule has 0 heterocycles. The van der Waals surface area contributed by atoms with Crippen molar-refractivity contribution in [1.29, 1.82) is 0 Å². The number of hydrogen-bond acceptors (Lipinski definition) is 4. The van der Waals surface area contributed by atoms with Gasteiger partial charge in [-0.25, -0.2) is 0 Å². The number of nitrogen functional groups attached to an aromatic ring is 1. The Kier molecular flexibility index (Phi) is 8.94. The molecule has 0 saturated carbocycles. The number of benzene rings is 1. The Bertz CT molecular complexity index is 422. The number of rotatable bonds is 10. The van der Waals surface area contributed by atoms with Crippen LogP contribution in [0.15, 0.2) is 24.3 Å². The van der Waals surface area contributed by atoms with Gasteiger partial charge in [0.1, 0.15) is 0 Å². The first kappa shape index (κ1) is 17.9. The molecule has 1 aromatic carbocycles. The first-order valence-electron chi connectivity index (χ1n) is 7.61. The molecule has 0 saturated heterocycles. The summed E-state index contributed by atoms with van der Waals surface area (Å²) in [6.07, 6.45) is 1.48. The van der Waals surface area contributed by atoms with E-state index in [1.165, 1.54) is 0 Å². The summed E-state index contributed by atoms with van der Waals surface area (Å²) in [5.74, 6) is 2.23. The second kappa shape index (κ2) is 10.5. The van der Waals surface area contributed by atoms with Gasteiger partial charge >= 0.3 is 0 Å². The zero-order valence-corrected chi connectivity index (χ0v) is 13.9. The minimum atomic E-state index is 0.0601. The van der Waals surface area contributed by atoms with Crippen molar-refractivity contribution in [3.05, 3.63) is 24.3 Å². The lowest BCUT2D eigenvalue weighted by molar-refractivity contribution is -0.116. The molecule has 1 aromatic rings. The number of amides is 1. The number of anilines is 2. The van der Waals surface area contributed by atoms with Gasteiger partial charge in [0.05, 0.1) is 0 Å². The van der Waals surface area contributed by atoms with Crippen LogP contribution in [-0.4, -0.2) is 41.9 Å². The molecule has 4 nitrogen and oxygen atoms in total. The Morgan fingerprint density at radius 2 is 2.05 bits per heavy atom. The van der Waals surface area contributed by atoms with Gasteiger partial charge in [-0.1, -0.05) is 19.9 Å². The van der Waals surface area contributed by atoms with E-state index in [9.17, 15) is 4.79 Å². The van der Waals surface area contributed by atoms with E-state index in [2.05, 4.69) is 24.1 Å². The van der Waals surface area contributed by atoms with Crippen LogP contribution in [0.1, 0.15) is 26.7 Å². The molecule has 0 radical (unpaired) electrons. The highest BCUT2D eigenvalue weighted by Crippen LogP contribution is 2.13. The molecule has 118 valence electrons. The van der Waals surface area contributed by atoms with Crippen LogP contribution in [-0.2, 0) is 4.79 Å². The molecule has 3 N–H and O–H groups in total. The van der Waals surface area contributed by atoms with Gasteiger partial charge in [0, 0.05) is 30.1 Å². The summed E-state index contributed by atoms with van der Waals surface area (Å²) in [5.41, 5.74) is 7.12. The van der Waals surface area contributed by atoms with Crippen molar-refractivity contribution >= 4 is 29.0 Å². The van der Waals surface area contributed by atoms with Crippen molar-refractivity contribution in [1.82, 2.24) is 4.90 Å². The Balaban J connectivity index is 2.08. The molecular weight excluding hydrogens is 282 g/mol. The number of nitrogens with two attached hydrogens (primary N) is 1. The zero-order valence-electron chi connectivity index (χ0n) is 13.1. The van der Waals surface area contributed by atoms with Crippen molar-refractivity contribution in [3.8, 4) is 0 Å². The average Bonchev–Trinajstić information content (AvgIpc) is 2.46. The van der Waals surface area contributed by atoms with E-state index in [4.69, 9.17) is 5.73 Å². The number of thioether (sulfide) groups is 1. The summed E-state index contributed by atoms with van der Waals surface area (Å²) in [7, 11) is 0. The number of nitrogens with one attached hydrogen (secondary N) is 1. The summed E-state index contributed by atoms with van der Waals surface area (Å²) in [6, 6.07) is 7.28. The van der Waals surface area contributed by atoms with Gasteiger partial charge in [0.25, 0.3) is 0 Å². The summed E-state index contributed by atoms with van der Waals surface area (Å²) in [6.45, 7) is 7.73. The molecular formula is C16H27N3OS. The van der Waals surface area contributed by atoms with Gasteiger partial charge in [-0.2, -0.15) is 11.8 Å². The topological polar surface area (TPSA) is 58.4 Å². The second-order valence-electron chi connectivity index (χ2n) is 4.92.